The van der Waals surface area contributed by atoms with Gasteiger partial charge in [0.15, 0.2) is 22.1 Å². The molecule has 0 radical (unpaired) electrons. The Morgan fingerprint density at radius 1 is 1.26 bits per heavy atom. The van der Waals surface area contributed by atoms with Gasteiger partial charge in [-0.3, -0.25) is 5.10 Å². The van der Waals surface area contributed by atoms with Gasteiger partial charge in [-0.2, -0.15) is 0 Å². The lowest BCUT2D eigenvalue weighted by Crippen LogP contribution is -2.48. The number of likely N-dealkylation sites (N-methyl/N-ethyl adjacent to an activating group) is 1. The van der Waals surface area contributed by atoms with E-state index >= 15 is 0 Å². The van der Waals surface area contributed by atoms with E-state index in [1.807, 2.05) is 7.05 Å². The van der Waals surface area contributed by atoms with Crippen LogP contribution < -0.4 is 15.4 Å². The lowest BCUT2D eigenvalue weighted by atomic mass is 9.90. The zero-order chi connectivity index (χ0) is 19.0. The Balaban J connectivity index is 1.60. The first-order chi connectivity index (χ1) is 13.0. The van der Waals surface area contributed by atoms with E-state index in [9.17, 15) is 0 Å². The Morgan fingerprint density at radius 2 is 2.07 bits per heavy atom. The number of rotatable bonds is 4. The van der Waals surface area contributed by atoms with Gasteiger partial charge < -0.3 is 15.4 Å². The molecule has 8 nitrogen and oxygen atoms in total. The molecular formula is C17H19Cl2N7O. The van der Waals surface area contributed by atoms with Gasteiger partial charge in [0.05, 0.1) is 6.20 Å². The normalized spacial score (nSPS) is 20.0. The molecule has 1 fully saturated rings. The Bertz CT molecular complexity index is 964. The van der Waals surface area contributed by atoms with E-state index in [1.54, 1.807) is 12.3 Å². The topological polar surface area (TPSA) is 106 Å². The SMILES string of the molecule is CN(c1cnc2c(Oc3ccnc(Cl)c3Cl)n[nH]c2n1)C1CCCCC1N. The molecule has 0 amide bonds. The van der Waals surface area contributed by atoms with Crippen molar-refractivity contribution in [1.82, 2.24) is 25.1 Å². The van der Waals surface area contributed by atoms with Gasteiger partial charge in [0.2, 0.25) is 0 Å². The fourth-order valence-corrected chi connectivity index (χ4v) is 3.69. The van der Waals surface area contributed by atoms with Crippen LogP contribution in [0.2, 0.25) is 10.2 Å². The van der Waals surface area contributed by atoms with Crippen molar-refractivity contribution in [3.63, 3.8) is 0 Å². The highest BCUT2D eigenvalue weighted by molar-refractivity contribution is 6.42. The number of anilines is 1. The number of nitrogens with two attached hydrogens (primary N) is 1. The van der Waals surface area contributed by atoms with Crippen LogP contribution in [-0.2, 0) is 0 Å². The number of ether oxygens (including phenoxy) is 1. The number of hydrogen-bond donors (Lipinski definition) is 2. The average molecular weight is 408 g/mol. The third-order valence-electron chi connectivity index (χ3n) is 4.88. The van der Waals surface area contributed by atoms with Gasteiger partial charge in [-0.1, -0.05) is 36.0 Å². The zero-order valence-electron chi connectivity index (χ0n) is 14.7. The van der Waals surface area contributed by atoms with E-state index in [2.05, 4.69) is 30.0 Å². The molecule has 0 saturated heterocycles. The lowest BCUT2D eigenvalue weighted by Gasteiger charge is -2.36. The maximum atomic E-state index is 6.29. The van der Waals surface area contributed by atoms with Crippen LogP contribution in [0.4, 0.5) is 5.82 Å². The second kappa shape index (κ2) is 7.46. The minimum absolute atomic E-state index is 0.139. The van der Waals surface area contributed by atoms with Crippen molar-refractivity contribution >= 4 is 40.2 Å². The standard InChI is InChI=1S/C17H19Cl2N7O/c1-26(10-5-3-2-4-9(10)20)12-8-22-14-16(23-12)24-25-17(14)27-11-6-7-21-15(19)13(11)18/h6-10H,2-5,20H2,1H3,(H,23,24,25). The van der Waals surface area contributed by atoms with Gasteiger partial charge in [0.1, 0.15) is 10.8 Å². The van der Waals surface area contributed by atoms with Crippen LogP contribution in [0.5, 0.6) is 11.6 Å². The number of aromatic nitrogens is 5. The molecule has 3 aromatic heterocycles. The molecule has 4 rings (SSSR count). The van der Waals surface area contributed by atoms with Crippen molar-refractivity contribution < 1.29 is 4.74 Å². The molecule has 3 aromatic rings. The van der Waals surface area contributed by atoms with E-state index in [1.165, 1.54) is 19.0 Å². The molecule has 3 heterocycles. The molecule has 0 spiro atoms. The van der Waals surface area contributed by atoms with E-state index in [0.717, 1.165) is 18.7 Å². The first-order valence-electron chi connectivity index (χ1n) is 8.72. The van der Waals surface area contributed by atoms with Gasteiger partial charge in [-0.05, 0) is 12.8 Å². The molecule has 0 aromatic carbocycles. The Kier molecular flexibility index (Phi) is 5.03. The highest BCUT2D eigenvalue weighted by Gasteiger charge is 2.27. The summed E-state index contributed by atoms with van der Waals surface area (Å²) in [6.45, 7) is 0. The van der Waals surface area contributed by atoms with Crippen LogP contribution in [-0.4, -0.2) is 44.3 Å². The summed E-state index contributed by atoms with van der Waals surface area (Å²) in [7, 11) is 2.00. The molecule has 10 heteroatoms. The molecule has 1 saturated carbocycles. The number of nitrogens with one attached hydrogen (secondary N) is 1. The quantitative estimate of drug-likeness (QED) is 0.636. The lowest BCUT2D eigenvalue weighted by molar-refractivity contribution is 0.372. The second-order valence-corrected chi connectivity index (χ2v) is 7.33. The maximum Gasteiger partial charge on any atom is 0.266 e. The minimum Gasteiger partial charge on any atom is -0.434 e. The van der Waals surface area contributed by atoms with Crippen LogP contribution in [0.15, 0.2) is 18.5 Å². The van der Waals surface area contributed by atoms with Crippen LogP contribution in [0.25, 0.3) is 11.2 Å². The van der Waals surface area contributed by atoms with Crippen molar-refractivity contribution in [2.45, 2.75) is 37.8 Å². The average Bonchev–Trinajstić information content (AvgIpc) is 3.07. The highest BCUT2D eigenvalue weighted by Crippen LogP contribution is 2.34. The number of aromatic amines is 1. The summed E-state index contributed by atoms with van der Waals surface area (Å²) in [4.78, 5) is 15.1. The fourth-order valence-electron chi connectivity index (χ4n) is 3.39. The maximum absolute atomic E-state index is 6.29. The van der Waals surface area contributed by atoms with Gasteiger partial charge in [0, 0.05) is 31.4 Å². The number of fused-ring (bicyclic) bond motifs is 1. The summed E-state index contributed by atoms with van der Waals surface area (Å²) in [6.07, 6.45) is 7.64. The molecule has 2 unspecified atom stereocenters. The van der Waals surface area contributed by atoms with Crippen molar-refractivity contribution in [2.75, 3.05) is 11.9 Å². The van der Waals surface area contributed by atoms with E-state index < -0.39 is 0 Å². The van der Waals surface area contributed by atoms with Gasteiger partial charge in [-0.15, -0.1) is 5.10 Å². The van der Waals surface area contributed by atoms with Gasteiger partial charge in [0.25, 0.3) is 5.88 Å². The molecule has 0 bridgehead atoms. The predicted molar refractivity (Wildman–Crippen MR) is 105 cm³/mol. The predicted octanol–water partition coefficient (Wildman–Crippen LogP) is 3.55. The summed E-state index contributed by atoms with van der Waals surface area (Å²) in [5.41, 5.74) is 7.31. The summed E-state index contributed by atoms with van der Waals surface area (Å²) in [6, 6.07) is 2.00. The summed E-state index contributed by atoms with van der Waals surface area (Å²) >= 11 is 12.0. The molecule has 1 aliphatic carbocycles. The number of H-pyrrole nitrogens is 1. The fraction of sp³-hybridized carbons (Fsp3) is 0.412. The van der Waals surface area contributed by atoms with Crippen molar-refractivity contribution in [3.05, 3.63) is 28.6 Å². The molecule has 3 N–H and O–H groups in total. The highest BCUT2D eigenvalue weighted by atomic mass is 35.5. The number of hydrogen-bond acceptors (Lipinski definition) is 7. The molecule has 1 aliphatic rings. The van der Waals surface area contributed by atoms with E-state index in [0.29, 0.717) is 16.9 Å². The Hall–Kier alpha value is -2.16. The summed E-state index contributed by atoms with van der Waals surface area (Å²) in [5, 5.41) is 7.38. The molecule has 142 valence electrons. The smallest absolute Gasteiger partial charge is 0.266 e. The zero-order valence-corrected chi connectivity index (χ0v) is 16.2. The van der Waals surface area contributed by atoms with Crippen LogP contribution in [0, 0.1) is 0 Å². The molecular weight excluding hydrogens is 389 g/mol. The summed E-state index contributed by atoms with van der Waals surface area (Å²) < 4.78 is 5.74. The van der Waals surface area contributed by atoms with Crippen molar-refractivity contribution in [1.29, 1.82) is 0 Å². The van der Waals surface area contributed by atoms with Gasteiger partial charge >= 0.3 is 0 Å². The Morgan fingerprint density at radius 3 is 2.89 bits per heavy atom. The Labute approximate surface area is 166 Å². The largest absolute Gasteiger partial charge is 0.434 e. The van der Waals surface area contributed by atoms with E-state index in [4.69, 9.17) is 33.7 Å². The second-order valence-electron chi connectivity index (χ2n) is 6.60. The minimum atomic E-state index is 0.139. The molecule has 27 heavy (non-hydrogen) atoms. The first kappa shape index (κ1) is 18.2. The van der Waals surface area contributed by atoms with E-state index in [-0.39, 0.29) is 28.1 Å². The molecule has 0 aliphatic heterocycles. The number of pyridine rings is 1. The van der Waals surface area contributed by atoms with Crippen LogP contribution >= 0.6 is 23.2 Å². The first-order valence-corrected chi connectivity index (χ1v) is 9.47. The van der Waals surface area contributed by atoms with Crippen molar-refractivity contribution in [2.24, 2.45) is 5.73 Å². The number of nitrogens with zero attached hydrogens (tertiary/aromatic N) is 5. The summed E-state index contributed by atoms with van der Waals surface area (Å²) in [5.74, 6) is 1.36. The monoisotopic (exact) mass is 407 g/mol. The van der Waals surface area contributed by atoms with Crippen molar-refractivity contribution in [3.8, 4) is 11.6 Å². The molecule has 2 atom stereocenters. The third-order valence-corrected chi connectivity index (χ3v) is 5.63. The van der Waals surface area contributed by atoms with Crippen LogP contribution in [0.1, 0.15) is 25.7 Å². The third kappa shape index (κ3) is 3.52. The van der Waals surface area contributed by atoms with Crippen LogP contribution in [0.3, 0.4) is 0 Å². The number of halogens is 2. The van der Waals surface area contributed by atoms with Gasteiger partial charge in [-0.25, -0.2) is 15.0 Å².